The summed E-state index contributed by atoms with van der Waals surface area (Å²) in [7, 11) is 0.785. The van der Waals surface area contributed by atoms with Gasteiger partial charge in [0.1, 0.15) is 10.5 Å². The fourth-order valence-electron chi connectivity index (χ4n) is 2.35. The molecule has 0 radical (unpaired) electrons. The lowest BCUT2D eigenvalue weighted by Gasteiger charge is -2.47. The zero-order chi connectivity index (χ0) is 10.7. The maximum atomic E-state index is 5.71. The van der Waals surface area contributed by atoms with Gasteiger partial charge < -0.3 is 4.43 Å². The Bertz CT molecular complexity index is 175. The van der Waals surface area contributed by atoms with Gasteiger partial charge in [-0.25, -0.2) is 0 Å². The topological polar surface area (TPSA) is 9.23 Å². The molecule has 0 fully saturated rings. The van der Waals surface area contributed by atoms with Gasteiger partial charge in [0.25, 0.3) is 0 Å². The number of hydrogen-bond donors (Lipinski definition) is 0. The van der Waals surface area contributed by atoms with Gasteiger partial charge in [0, 0.05) is 5.41 Å². The minimum absolute atomic E-state index is 0.0795. The molecule has 0 amide bonds. The Kier molecular flexibility index (Phi) is 4.40. The van der Waals surface area contributed by atoms with Gasteiger partial charge >= 0.3 is 0 Å². The maximum absolute atomic E-state index is 5.71. The molecule has 0 aromatic heterocycles. The standard InChI is InChI=1S/C11H24OSi/c1-7-11(8-2,9(3)4)10(5,6)12-13/h7,9H,1,8H2,2-6,13H3. The van der Waals surface area contributed by atoms with E-state index in [1.54, 1.807) is 0 Å². The molecule has 13 heavy (non-hydrogen) atoms. The van der Waals surface area contributed by atoms with Gasteiger partial charge in [-0.05, 0) is 26.2 Å². The van der Waals surface area contributed by atoms with Gasteiger partial charge in [-0.3, -0.25) is 0 Å². The van der Waals surface area contributed by atoms with Crippen LogP contribution in [0.5, 0.6) is 0 Å². The van der Waals surface area contributed by atoms with Crippen LogP contribution in [0.1, 0.15) is 41.0 Å². The third kappa shape index (κ3) is 2.05. The highest BCUT2D eigenvalue weighted by molar-refractivity contribution is 5.98. The molecule has 0 rings (SSSR count). The first-order valence-corrected chi connectivity index (χ1v) is 5.88. The average molecular weight is 200 g/mol. The van der Waals surface area contributed by atoms with Crippen LogP contribution in [0.4, 0.5) is 0 Å². The van der Waals surface area contributed by atoms with Crippen LogP contribution in [0.2, 0.25) is 0 Å². The minimum Gasteiger partial charge on any atom is -0.422 e. The Labute approximate surface area is 86.1 Å². The molecule has 0 spiro atoms. The molecule has 0 aromatic rings. The number of rotatable bonds is 5. The molecule has 0 aliphatic heterocycles. The highest BCUT2D eigenvalue weighted by atomic mass is 28.2. The summed E-state index contributed by atoms with van der Waals surface area (Å²) in [6.45, 7) is 15.0. The van der Waals surface area contributed by atoms with E-state index in [0.29, 0.717) is 5.92 Å². The molecule has 0 aliphatic carbocycles. The predicted molar refractivity (Wildman–Crippen MR) is 62.9 cm³/mol. The van der Waals surface area contributed by atoms with Crippen LogP contribution in [0, 0.1) is 11.3 Å². The van der Waals surface area contributed by atoms with Crippen molar-refractivity contribution < 1.29 is 4.43 Å². The van der Waals surface area contributed by atoms with E-state index >= 15 is 0 Å². The SMILES string of the molecule is C=CC(CC)(C(C)C)C(C)(C)O[SiH3]. The normalized spacial score (nSPS) is 17.4. The molecule has 2 heteroatoms. The van der Waals surface area contributed by atoms with Crippen molar-refractivity contribution in [1.82, 2.24) is 0 Å². The van der Waals surface area contributed by atoms with E-state index in [-0.39, 0.29) is 11.0 Å². The second kappa shape index (κ2) is 4.42. The third-order valence-electron chi connectivity index (χ3n) is 3.61. The Balaban J connectivity index is 5.08. The van der Waals surface area contributed by atoms with E-state index in [4.69, 9.17) is 4.43 Å². The van der Waals surface area contributed by atoms with Gasteiger partial charge in [0.05, 0.1) is 5.60 Å². The van der Waals surface area contributed by atoms with Gasteiger partial charge in [-0.2, -0.15) is 0 Å². The van der Waals surface area contributed by atoms with Crippen molar-refractivity contribution in [3.8, 4) is 0 Å². The molecule has 78 valence electrons. The molecule has 1 unspecified atom stereocenters. The molecule has 0 bridgehead atoms. The Morgan fingerprint density at radius 3 is 2.00 bits per heavy atom. The van der Waals surface area contributed by atoms with E-state index in [1.807, 2.05) is 0 Å². The van der Waals surface area contributed by atoms with Crippen molar-refractivity contribution in [2.24, 2.45) is 11.3 Å². The zero-order valence-electron chi connectivity index (χ0n) is 9.98. The highest BCUT2D eigenvalue weighted by Gasteiger charge is 2.43. The zero-order valence-corrected chi connectivity index (χ0v) is 12.0. The second-order valence-corrected chi connectivity index (χ2v) is 4.88. The van der Waals surface area contributed by atoms with E-state index in [1.165, 1.54) is 0 Å². The molecule has 1 nitrogen and oxygen atoms in total. The lowest BCUT2D eigenvalue weighted by molar-refractivity contribution is -0.0275. The van der Waals surface area contributed by atoms with Crippen LogP contribution in [-0.2, 0) is 4.43 Å². The first-order valence-electron chi connectivity index (χ1n) is 5.06. The first kappa shape index (κ1) is 12.9. The highest BCUT2D eigenvalue weighted by Crippen LogP contribution is 2.44. The van der Waals surface area contributed by atoms with E-state index in [9.17, 15) is 0 Å². The van der Waals surface area contributed by atoms with Crippen molar-refractivity contribution in [3.63, 3.8) is 0 Å². The van der Waals surface area contributed by atoms with Gasteiger partial charge in [-0.1, -0.05) is 26.8 Å². The summed E-state index contributed by atoms with van der Waals surface area (Å²) < 4.78 is 5.71. The molecule has 0 saturated heterocycles. The van der Waals surface area contributed by atoms with Crippen molar-refractivity contribution in [3.05, 3.63) is 12.7 Å². The summed E-state index contributed by atoms with van der Waals surface area (Å²) >= 11 is 0. The molecule has 0 heterocycles. The minimum atomic E-state index is -0.0795. The molecular weight excluding hydrogens is 176 g/mol. The summed E-state index contributed by atoms with van der Waals surface area (Å²) in [5, 5.41) is 0. The summed E-state index contributed by atoms with van der Waals surface area (Å²) in [6.07, 6.45) is 3.17. The van der Waals surface area contributed by atoms with Gasteiger partial charge in [0.2, 0.25) is 0 Å². The Morgan fingerprint density at radius 1 is 1.46 bits per heavy atom. The molecule has 0 aliphatic rings. The lowest BCUT2D eigenvalue weighted by Crippen LogP contribution is -2.47. The van der Waals surface area contributed by atoms with Crippen LogP contribution < -0.4 is 0 Å². The summed E-state index contributed by atoms with van der Waals surface area (Å²) in [4.78, 5) is 0. The first-order chi connectivity index (χ1) is 5.88. The average Bonchev–Trinajstić information content (AvgIpc) is 2.06. The third-order valence-corrected chi connectivity index (χ3v) is 4.63. The molecule has 0 aromatic carbocycles. The monoisotopic (exact) mass is 200 g/mol. The van der Waals surface area contributed by atoms with Gasteiger partial charge in [0.15, 0.2) is 0 Å². The summed E-state index contributed by atoms with van der Waals surface area (Å²) in [5.41, 5.74) is 0.0264. The summed E-state index contributed by atoms with van der Waals surface area (Å²) in [5.74, 6) is 0.568. The van der Waals surface area contributed by atoms with Crippen LogP contribution in [-0.4, -0.2) is 16.1 Å². The largest absolute Gasteiger partial charge is 0.422 e. The van der Waals surface area contributed by atoms with Gasteiger partial charge in [-0.15, -0.1) is 6.58 Å². The predicted octanol–water partition coefficient (Wildman–Crippen LogP) is 2.30. The molecule has 1 atom stereocenters. The molecular formula is C11H24OSi. The van der Waals surface area contributed by atoms with Crippen LogP contribution in [0.3, 0.4) is 0 Å². The Hall–Kier alpha value is -0.0831. The lowest BCUT2D eigenvalue weighted by atomic mass is 9.64. The van der Waals surface area contributed by atoms with Crippen molar-refractivity contribution in [2.75, 3.05) is 0 Å². The fourth-order valence-corrected chi connectivity index (χ4v) is 2.73. The molecule has 0 saturated carbocycles. The van der Waals surface area contributed by atoms with E-state index in [2.05, 4.69) is 47.3 Å². The van der Waals surface area contributed by atoms with E-state index < -0.39 is 0 Å². The van der Waals surface area contributed by atoms with Crippen LogP contribution in [0.15, 0.2) is 12.7 Å². The van der Waals surface area contributed by atoms with Crippen molar-refractivity contribution in [2.45, 2.75) is 46.6 Å². The fraction of sp³-hybridized carbons (Fsp3) is 0.818. The Morgan fingerprint density at radius 2 is 1.92 bits per heavy atom. The maximum Gasteiger partial charge on any atom is 0.146 e. The van der Waals surface area contributed by atoms with Crippen molar-refractivity contribution in [1.29, 1.82) is 0 Å². The van der Waals surface area contributed by atoms with Crippen molar-refractivity contribution >= 4 is 10.5 Å². The van der Waals surface area contributed by atoms with E-state index in [0.717, 1.165) is 16.9 Å². The van der Waals surface area contributed by atoms with Crippen LogP contribution in [0.25, 0.3) is 0 Å². The summed E-state index contributed by atoms with van der Waals surface area (Å²) in [6, 6.07) is 0. The molecule has 0 N–H and O–H groups in total. The second-order valence-electron chi connectivity index (χ2n) is 4.47. The number of hydrogen-bond acceptors (Lipinski definition) is 1. The quantitative estimate of drug-likeness (QED) is 0.489. The smallest absolute Gasteiger partial charge is 0.146 e. The van der Waals surface area contributed by atoms with Crippen LogP contribution >= 0.6 is 0 Å².